The fourth-order valence-corrected chi connectivity index (χ4v) is 3.24. The SMILES string of the molecule is CCN(CC)c1ccc(NC(=O)c2cccc(OCC3CCCO3)c2)cc1. The van der Waals surface area contributed by atoms with E-state index in [2.05, 4.69) is 24.1 Å². The molecule has 1 amide bonds. The number of nitrogens with one attached hydrogen (secondary N) is 1. The minimum atomic E-state index is -0.145. The second kappa shape index (κ2) is 9.42. The maximum absolute atomic E-state index is 12.6. The highest BCUT2D eigenvalue weighted by Crippen LogP contribution is 2.20. The van der Waals surface area contributed by atoms with Gasteiger partial charge in [-0.1, -0.05) is 6.07 Å². The molecular formula is C22H28N2O3. The first kappa shape index (κ1) is 19.2. The van der Waals surface area contributed by atoms with Crippen molar-refractivity contribution in [2.24, 2.45) is 0 Å². The number of carbonyl (C=O) groups excluding carboxylic acids is 1. The van der Waals surface area contributed by atoms with E-state index in [1.54, 1.807) is 12.1 Å². The van der Waals surface area contributed by atoms with Gasteiger partial charge in [-0.25, -0.2) is 0 Å². The van der Waals surface area contributed by atoms with E-state index < -0.39 is 0 Å². The van der Waals surface area contributed by atoms with E-state index in [1.807, 2.05) is 36.4 Å². The zero-order chi connectivity index (χ0) is 19.1. The van der Waals surface area contributed by atoms with E-state index in [4.69, 9.17) is 9.47 Å². The highest BCUT2D eigenvalue weighted by Gasteiger charge is 2.16. The molecule has 5 heteroatoms. The summed E-state index contributed by atoms with van der Waals surface area (Å²) >= 11 is 0. The van der Waals surface area contributed by atoms with Crippen molar-refractivity contribution >= 4 is 17.3 Å². The molecule has 27 heavy (non-hydrogen) atoms. The Morgan fingerprint density at radius 1 is 1.19 bits per heavy atom. The van der Waals surface area contributed by atoms with Gasteiger partial charge in [-0.2, -0.15) is 0 Å². The minimum absolute atomic E-state index is 0.145. The first-order valence-corrected chi connectivity index (χ1v) is 9.70. The van der Waals surface area contributed by atoms with Crippen molar-refractivity contribution in [2.75, 3.05) is 36.5 Å². The van der Waals surface area contributed by atoms with Gasteiger partial charge in [0.25, 0.3) is 5.91 Å². The third-order valence-corrected chi connectivity index (χ3v) is 4.81. The molecule has 0 radical (unpaired) electrons. The third-order valence-electron chi connectivity index (χ3n) is 4.81. The summed E-state index contributed by atoms with van der Waals surface area (Å²) in [6.07, 6.45) is 2.28. The Balaban J connectivity index is 1.59. The zero-order valence-electron chi connectivity index (χ0n) is 16.1. The lowest BCUT2D eigenvalue weighted by Crippen LogP contribution is -2.21. The summed E-state index contributed by atoms with van der Waals surface area (Å²) in [4.78, 5) is 14.8. The monoisotopic (exact) mass is 368 g/mol. The predicted molar refractivity (Wildman–Crippen MR) is 109 cm³/mol. The number of nitrogens with zero attached hydrogens (tertiary/aromatic N) is 1. The molecule has 1 atom stereocenters. The van der Waals surface area contributed by atoms with Gasteiger partial charge < -0.3 is 19.7 Å². The van der Waals surface area contributed by atoms with Gasteiger partial charge in [-0.3, -0.25) is 4.79 Å². The summed E-state index contributed by atoms with van der Waals surface area (Å²) in [5, 5.41) is 2.95. The lowest BCUT2D eigenvalue weighted by molar-refractivity contribution is 0.0679. The van der Waals surface area contributed by atoms with Crippen LogP contribution in [0, 0.1) is 0 Å². The largest absolute Gasteiger partial charge is 0.491 e. The van der Waals surface area contributed by atoms with Gasteiger partial charge in [0.15, 0.2) is 0 Å². The van der Waals surface area contributed by atoms with Crippen LogP contribution < -0.4 is 15.0 Å². The van der Waals surface area contributed by atoms with Crippen molar-refractivity contribution in [3.8, 4) is 5.75 Å². The number of rotatable bonds is 8. The molecule has 2 aromatic carbocycles. The smallest absolute Gasteiger partial charge is 0.255 e. The molecule has 0 spiro atoms. The summed E-state index contributed by atoms with van der Waals surface area (Å²) in [6, 6.07) is 15.2. The van der Waals surface area contributed by atoms with Crippen LogP contribution in [0.4, 0.5) is 11.4 Å². The Bertz CT molecular complexity index is 735. The van der Waals surface area contributed by atoms with E-state index in [1.165, 1.54) is 0 Å². The van der Waals surface area contributed by atoms with Crippen LogP contribution in [0.2, 0.25) is 0 Å². The molecule has 3 rings (SSSR count). The van der Waals surface area contributed by atoms with Crippen LogP contribution >= 0.6 is 0 Å². The fourth-order valence-electron chi connectivity index (χ4n) is 3.24. The maximum atomic E-state index is 12.6. The lowest BCUT2D eigenvalue weighted by atomic mass is 10.2. The van der Waals surface area contributed by atoms with Gasteiger partial charge in [-0.15, -0.1) is 0 Å². The maximum Gasteiger partial charge on any atom is 0.255 e. The first-order valence-electron chi connectivity index (χ1n) is 9.70. The number of anilines is 2. The molecule has 2 aromatic rings. The van der Waals surface area contributed by atoms with Crippen LogP contribution in [-0.2, 0) is 4.74 Å². The molecular weight excluding hydrogens is 340 g/mol. The van der Waals surface area contributed by atoms with E-state index in [-0.39, 0.29) is 12.0 Å². The molecule has 5 nitrogen and oxygen atoms in total. The fraction of sp³-hybridized carbons (Fsp3) is 0.409. The average molecular weight is 368 g/mol. The van der Waals surface area contributed by atoms with Crippen molar-refractivity contribution in [1.82, 2.24) is 0 Å². The van der Waals surface area contributed by atoms with Crippen LogP contribution in [0.3, 0.4) is 0 Å². The van der Waals surface area contributed by atoms with Crippen LogP contribution in [0.5, 0.6) is 5.75 Å². The van der Waals surface area contributed by atoms with Gasteiger partial charge in [0.1, 0.15) is 12.4 Å². The van der Waals surface area contributed by atoms with Gasteiger partial charge in [0.05, 0.1) is 6.10 Å². The third kappa shape index (κ3) is 5.23. The van der Waals surface area contributed by atoms with Crippen LogP contribution in [-0.4, -0.2) is 38.3 Å². The van der Waals surface area contributed by atoms with Crippen LogP contribution in [0.25, 0.3) is 0 Å². The van der Waals surface area contributed by atoms with Gasteiger partial charge in [0.2, 0.25) is 0 Å². The number of amides is 1. The van der Waals surface area contributed by atoms with Crippen molar-refractivity contribution in [3.05, 3.63) is 54.1 Å². The van der Waals surface area contributed by atoms with Crippen molar-refractivity contribution in [2.45, 2.75) is 32.8 Å². The Labute approximate surface area is 161 Å². The first-order chi connectivity index (χ1) is 13.2. The Morgan fingerprint density at radius 3 is 2.63 bits per heavy atom. The van der Waals surface area contributed by atoms with E-state index in [0.29, 0.717) is 17.9 Å². The van der Waals surface area contributed by atoms with E-state index in [0.717, 1.165) is 43.9 Å². The van der Waals surface area contributed by atoms with Gasteiger partial charge in [-0.05, 0) is 69.2 Å². The molecule has 1 saturated heterocycles. The van der Waals surface area contributed by atoms with E-state index in [9.17, 15) is 4.79 Å². The normalized spacial score (nSPS) is 16.1. The molecule has 1 fully saturated rings. The summed E-state index contributed by atoms with van der Waals surface area (Å²) < 4.78 is 11.4. The van der Waals surface area contributed by atoms with Gasteiger partial charge in [0, 0.05) is 36.6 Å². The summed E-state index contributed by atoms with van der Waals surface area (Å²) in [7, 11) is 0. The predicted octanol–water partition coefficient (Wildman–Crippen LogP) is 4.34. The quantitative estimate of drug-likeness (QED) is 0.753. The summed E-state index contributed by atoms with van der Waals surface area (Å²) in [6.45, 7) is 7.52. The minimum Gasteiger partial charge on any atom is -0.491 e. The Morgan fingerprint density at radius 2 is 1.96 bits per heavy atom. The van der Waals surface area contributed by atoms with Crippen molar-refractivity contribution in [1.29, 1.82) is 0 Å². The molecule has 1 N–H and O–H groups in total. The molecule has 1 aliphatic heterocycles. The van der Waals surface area contributed by atoms with Crippen LogP contribution in [0.15, 0.2) is 48.5 Å². The number of carbonyl (C=O) groups is 1. The number of hydrogen-bond acceptors (Lipinski definition) is 4. The Hall–Kier alpha value is -2.53. The molecule has 1 heterocycles. The summed E-state index contributed by atoms with van der Waals surface area (Å²) in [5.41, 5.74) is 2.51. The molecule has 144 valence electrons. The molecule has 0 bridgehead atoms. The van der Waals surface area contributed by atoms with Crippen LogP contribution in [0.1, 0.15) is 37.0 Å². The highest BCUT2D eigenvalue weighted by molar-refractivity contribution is 6.04. The van der Waals surface area contributed by atoms with Crippen molar-refractivity contribution in [3.63, 3.8) is 0 Å². The topological polar surface area (TPSA) is 50.8 Å². The lowest BCUT2D eigenvalue weighted by Gasteiger charge is -2.21. The number of hydrogen-bond donors (Lipinski definition) is 1. The number of ether oxygens (including phenoxy) is 2. The molecule has 0 aromatic heterocycles. The average Bonchev–Trinajstić information content (AvgIpc) is 3.22. The second-order valence-electron chi connectivity index (χ2n) is 6.65. The molecule has 1 aliphatic rings. The standard InChI is InChI=1S/C22H28N2O3/c1-3-24(4-2)19-12-10-18(11-13-19)23-22(25)17-7-5-8-20(15-17)27-16-21-9-6-14-26-21/h5,7-8,10-13,15,21H,3-4,6,9,14,16H2,1-2H3,(H,23,25). The molecule has 0 saturated carbocycles. The van der Waals surface area contributed by atoms with Gasteiger partial charge >= 0.3 is 0 Å². The second-order valence-corrected chi connectivity index (χ2v) is 6.65. The zero-order valence-corrected chi connectivity index (χ0v) is 16.1. The van der Waals surface area contributed by atoms with E-state index >= 15 is 0 Å². The van der Waals surface area contributed by atoms with Crippen molar-refractivity contribution < 1.29 is 14.3 Å². The Kier molecular flexibility index (Phi) is 6.71. The number of benzene rings is 2. The summed E-state index contributed by atoms with van der Waals surface area (Å²) in [5.74, 6) is 0.545. The molecule has 1 unspecified atom stereocenters. The highest BCUT2D eigenvalue weighted by atomic mass is 16.5. The molecule has 0 aliphatic carbocycles.